The van der Waals surface area contributed by atoms with Gasteiger partial charge in [-0.15, -0.1) is 0 Å². The van der Waals surface area contributed by atoms with Crippen molar-refractivity contribution in [1.82, 2.24) is 24.8 Å². The minimum absolute atomic E-state index is 0.00722. The first-order chi connectivity index (χ1) is 18.2. The van der Waals surface area contributed by atoms with Gasteiger partial charge in [-0.3, -0.25) is 4.79 Å². The first-order valence-corrected chi connectivity index (χ1v) is 10.8. The Hall–Kier alpha value is -3.51. The topological polar surface area (TPSA) is 65.1 Å². The average molecular weight is 446 g/mol. The monoisotopic (exact) mass is 445 g/mol. The van der Waals surface area contributed by atoms with Crippen molar-refractivity contribution in [2.24, 2.45) is 0 Å². The molecular formula is C27H29N5O. The summed E-state index contributed by atoms with van der Waals surface area (Å²) in [6.07, 6.45) is 4.52. The largest absolute Gasteiger partial charge is 0.345 e. The number of nitrogens with zero attached hydrogens (tertiary/aromatic N) is 4. The lowest BCUT2D eigenvalue weighted by Gasteiger charge is -2.27. The van der Waals surface area contributed by atoms with E-state index in [9.17, 15) is 4.79 Å². The molecule has 1 aliphatic rings. The zero-order valence-electron chi connectivity index (χ0n) is 24.9. The number of hydrogen-bond donors (Lipinski definition) is 1. The summed E-state index contributed by atoms with van der Waals surface area (Å²) in [6, 6.07) is 9.18. The summed E-state index contributed by atoms with van der Waals surface area (Å²) in [6.45, 7) is -0.505. The molecule has 0 unspecified atom stereocenters. The minimum Gasteiger partial charge on any atom is -0.345 e. The molecule has 6 nitrogen and oxygen atoms in total. The van der Waals surface area contributed by atoms with Gasteiger partial charge in [-0.1, -0.05) is 12.1 Å². The van der Waals surface area contributed by atoms with E-state index in [2.05, 4.69) is 41.0 Å². The zero-order valence-corrected chi connectivity index (χ0v) is 18.9. The Morgan fingerprint density at radius 2 is 1.97 bits per heavy atom. The summed E-state index contributed by atoms with van der Waals surface area (Å²) in [5, 5.41) is 0. The highest BCUT2D eigenvalue weighted by atomic mass is 16.2. The maximum Gasteiger partial charge on any atom is 0.253 e. The lowest BCUT2D eigenvalue weighted by atomic mass is 9.92. The van der Waals surface area contributed by atoms with Crippen molar-refractivity contribution in [3.63, 3.8) is 0 Å². The predicted molar refractivity (Wildman–Crippen MR) is 132 cm³/mol. The van der Waals surface area contributed by atoms with Gasteiger partial charge in [0.2, 0.25) is 0 Å². The van der Waals surface area contributed by atoms with Crippen LogP contribution in [0, 0.1) is 13.8 Å². The third kappa shape index (κ3) is 3.80. The first kappa shape index (κ1) is 15.3. The Balaban J connectivity index is 1.52. The molecule has 2 aromatic carbocycles. The van der Waals surface area contributed by atoms with Crippen molar-refractivity contribution in [3.8, 4) is 22.4 Å². The average Bonchev–Trinajstić information content (AvgIpc) is 3.25. The van der Waals surface area contributed by atoms with Gasteiger partial charge in [-0.05, 0) is 73.3 Å². The van der Waals surface area contributed by atoms with Gasteiger partial charge in [0.05, 0.1) is 11.9 Å². The molecule has 0 bridgehead atoms. The molecule has 1 amide bonds. The number of hydrogen-bond acceptors (Lipinski definition) is 4. The van der Waals surface area contributed by atoms with Crippen molar-refractivity contribution in [2.45, 2.75) is 26.8 Å². The number of carbonyl (C=O) groups excluding carboxylic acids is 1. The molecule has 33 heavy (non-hydrogen) atoms. The van der Waals surface area contributed by atoms with Crippen LogP contribution in [0.5, 0.6) is 0 Å². The summed E-state index contributed by atoms with van der Waals surface area (Å²) in [5.74, 6) is -1.07. The molecule has 0 spiro atoms. The SMILES string of the molecule is [2H]C([2H])([2H])N(C(=O)c1ccc(-c2c[nH]c3ncc(-c4cc(C)c5c(c4)CCN(C)C5)nc23)cc1C)C([2H])([2H])[2H]. The van der Waals surface area contributed by atoms with Crippen molar-refractivity contribution in [3.05, 3.63) is 70.5 Å². The van der Waals surface area contributed by atoms with Gasteiger partial charge in [0.15, 0.2) is 5.65 Å². The van der Waals surface area contributed by atoms with Gasteiger partial charge in [0.1, 0.15) is 5.52 Å². The van der Waals surface area contributed by atoms with E-state index in [1.807, 2.05) is 0 Å². The molecular weight excluding hydrogens is 410 g/mol. The molecule has 6 heteroatoms. The second kappa shape index (κ2) is 8.12. The Bertz CT molecular complexity index is 1580. The maximum atomic E-state index is 13.0. The minimum atomic E-state index is -3.11. The third-order valence-electron chi connectivity index (χ3n) is 6.40. The molecule has 3 heterocycles. The molecule has 0 saturated heterocycles. The molecule has 2 aromatic heterocycles. The number of aryl methyl sites for hydroxylation is 2. The number of amides is 1. The number of rotatable bonds is 3. The fraction of sp³-hybridized carbons (Fsp3) is 0.296. The quantitative estimate of drug-likeness (QED) is 0.501. The molecule has 0 fully saturated rings. The van der Waals surface area contributed by atoms with Crippen molar-refractivity contribution < 1.29 is 13.0 Å². The van der Waals surface area contributed by atoms with Crippen LogP contribution in [0.25, 0.3) is 33.5 Å². The molecule has 1 aliphatic heterocycles. The van der Waals surface area contributed by atoms with Crippen LogP contribution in [0.3, 0.4) is 0 Å². The predicted octanol–water partition coefficient (Wildman–Crippen LogP) is 4.60. The number of nitrogens with one attached hydrogen (secondary N) is 1. The fourth-order valence-electron chi connectivity index (χ4n) is 4.59. The lowest BCUT2D eigenvalue weighted by molar-refractivity contribution is 0.0827. The number of H-pyrrole nitrogens is 1. The van der Waals surface area contributed by atoms with E-state index in [0.29, 0.717) is 16.7 Å². The maximum absolute atomic E-state index is 13.0. The van der Waals surface area contributed by atoms with Crippen molar-refractivity contribution in [1.29, 1.82) is 0 Å². The number of carbonyl (C=O) groups is 1. The zero-order chi connectivity index (χ0) is 28.3. The molecule has 0 radical (unpaired) electrons. The highest BCUT2D eigenvalue weighted by molar-refractivity contribution is 5.97. The van der Waals surface area contributed by atoms with Crippen LogP contribution in [0.4, 0.5) is 0 Å². The summed E-state index contributed by atoms with van der Waals surface area (Å²) < 4.78 is 45.4. The highest BCUT2D eigenvalue weighted by Crippen LogP contribution is 2.32. The molecule has 5 rings (SSSR count). The van der Waals surface area contributed by atoms with Gasteiger partial charge in [-0.25, -0.2) is 9.97 Å². The second-order valence-electron chi connectivity index (χ2n) is 8.74. The molecule has 0 aliphatic carbocycles. The van der Waals surface area contributed by atoms with Gasteiger partial charge < -0.3 is 14.8 Å². The molecule has 4 aromatic rings. The first-order valence-electron chi connectivity index (χ1n) is 13.8. The number of aromatic nitrogens is 3. The van der Waals surface area contributed by atoms with Gasteiger partial charge in [-0.2, -0.15) is 0 Å². The smallest absolute Gasteiger partial charge is 0.253 e. The van der Waals surface area contributed by atoms with Crippen LogP contribution in [0.1, 0.15) is 40.8 Å². The van der Waals surface area contributed by atoms with E-state index in [1.54, 1.807) is 31.5 Å². The second-order valence-corrected chi connectivity index (χ2v) is 8.74. The Morgan fingerprint density at radius 1 is 1.15 bits per heavy atom. The highest BCUT2D eigenvalue weighted by Gasteiger charge is 2.18. The van der Waals surface area contributed by atoms with Crippen LogP contribution in [-0.4, -0.2) is 58.2 Å². The van der Waals surface area contributed by atoms with E-state index in [4.69, 9.17) is 13.2 Å². The van der Waals surface area contributed by atoms with Crippen molar-refractivity contribution in [2.75, 3.05) is 27.5 Å². The van der Waals surface area contributed by atoms with Crippen LogP contribution in [0.15, 0.2) is 42.7 Å². The Labute approximate surface area is 202 Å². The van der Waals surface area contributed by atoms with E-state index in [-0.39, 0.29) is 10.5 Å². The normalized spacial score (nSPS) is 17.3. The van der Waals surface area contributed by atoms with E-state index in [0.717, 1.165) is 41.9 Å². The molecule has 0 atom stereocenters. The molecule has 168 valence electrons. The van der Waals surface area contributed by atoms with Crippen LogP contribution in [-0.2, 0) is 13.0 Å². The number of aromatic amines is 1. The summed E-state index contributed by atoms with van der Waals surface area (Å²) in [5.41, 5.74) is 8.91. The number of benzene rings is 2. The van der Waals surface area contributed by atoms with Gasteiger partial charge >= 0.3 is 0 Å². The third-order valence-corrected chi connectivity index (χ3v) is 6.40. The molecule has 1 N–H and O–H groups in total. The Kier molecular flexibility index (Phi) is 3.78. The van der Waals surface area contributed by atoms with Crippen LogP contribution < -0.4 is 0 Å². The number of fused-ring (bicyclic) bond motifs is 2. The van der Waals surface area contributed by atoms with Crippen LogP contribution in [0.2, 0.25) is 0 Å². The summed E-state index contributed by atoms with van der Waals surface area (Å²) in [7, 11) is 2.13. The van der Waals surface area contributed by atoms with E-state index in [1.165, 1.54) is 22.8 Å². The van der Waals surface area contributed by atoms with Gasteiger partial charge in [0, 0.05) is 58.2 Å². The van der Waals surface area contributed by atoms with E-state index >= 15 is 0 Å². The molecule has 0 saturated carbocycles. The van der Waals surface area contributed by atoms with E-state index < -0.39 is 19.9 Å². The Morgan fingerprint density at radius 3 is 2.76 bits per heavy atom. The number of likely N-dealkylation sites (N-methyl/N-ethyl adjacent to an activating group) is 1. The summed E-state index contributed by atoms with van der Waals surface area (Å²) >= 11 is 0. The van der Waals surface area contributed by atoms with Crippen molar-refractivity contribution >= 4 is 17.1 Å². The lowest BCUT2D eigenvalue weighted by Crippen LogP contribution is -2.27. The fourth-order valence-corrected chi connectivity index (χ4v) is 4.59. The van der Waals surface area contributed by atoms with Crippen LogP contribution >= 0.6 is 0 Å². The summed E-state index contributed by atoms with van der Waals surface area (Å²) in [4.78, 5) is 28.0. The van der Waals surface area contributed by atoms with Gasteiger partial charge in [0.25, 0.3) is 5.91 Å². The standard InChI is InChI=1S/C27H29N5O/c1-16-10-18(6-7-21(16)27(33)31(3)4)22-13-28-26-25(22)30-24(14-29-26)20-11-17(2)23-15-32(5)9-8-19(23)12-20/h6-7,10-14H,8-9,15H2,1-5H3,(H,28,29)/i3D3,4D3.